The van der Waals surface area contributed by atoms with Crippen LogP contribution in [0.25, 0.3) is 0 Å². The topological polar surface area (TPSA) is 31.0 Å². The molecule has 0 N–H and O–H groups in total. The minimum absolute atomic E-state index is 0.0966. The van der Waals surface area contributed by atoms with Gasteiger partial charge in [0.05, 0.1) is 0 Å². The summed E-state index contributed by atoms with van der Waals surface area (Å²) in [7, 11) is 0. The van der Waals surface area contributed by atoms with Crippen molar-refractivity contribution in [3.8, 4) is 0 Å². The number of epoxide rings is 1. The molecule has 2 aliphatic heterocycles. The van der Waals surface area contributed by atoms with E-state index in [0.29, 0.717) is 0 Å². The van der Waals surface area contributed by atoms with Gasteiger partial charge in [0, 0.05) is 3.58 Å². The van der Waals surface area contributed by atoms with E-state index < -0.39 is 5.79 Å². The summed E-state index contributed by atoms with van der Waals surface area (Å²) in [5.41, 5.74) is 0. The monoisotopic (exact) mass is 294 g/mol. The maximum atomic E-state index is 5.78. The maximum absolute atomic E-state index is 5.78. The number of hydrogen-bond acceptors (Lipinski definition) is 3. The second-order valence-electron chi connectivity index (χ2n) is 4.14. The van der Waals surface area contributed by atoms with Crippen LogP contribution in [0.5, 0.6) is 0 Å². The van der Waals surface area contributed by atoms with Crippen molar-refractivity contribution >= 4 is 22.6 Å². The fourth-order valence-corrected chi connectivity index (χ4v) is 2.86. The fourth-order valence-electron chi connectivity index (χ4n) is 2.03. The third-order valence-corrected chi connectivity index (χ3v) is 3.58. The lowest BCUT2D eigenvalue weighted by atomic mass is 10.0. The maximum Gasteiger partial charge on any atom is 0.164 e. The van der Waals surface area contributed by atoms with E-state index in [1.807, 2.05) is 13.8 Å². The Morgan fingerprint density at radius 2 is 2.08 bits per heavy atom. The molecule has 2 saturated heterocycles. The lowest BCUT2D eigenvalue weighted by Crippen LogP contribution is -2.32. The summed E-state index contributed by atoms with van der Waals surface area (Å²) in [6.45, 7) is 3.90. The molecule has 3 nitrogen and oxygen atoms in total. The van der Waals surface area contributed by atoms with Crippen molar-refractivity contribution in [2.75, 3.05) is 0 Å². The molecule has 1 aliphatic carbocycles. The molecule has 0 aromatic carbocycles. The van der Waals surface area contributed by atoms with E-state index in [1.165, 1.54) is 3.58 Å². The Bertz CT molecular complexity index is 287. The van der Waals surface area contributed by atoms with Crippen molar-refractivity contribution in [3.63, 3.8) is 0 Å². The van der Waals surface area contributed by atoms with Gasteiger partial charge in [0.25, 0.3) is 0 Å². The van der Waals surface area contributed by atoms with Gasteiger partial charge >= 0.3 is 0 Å². The van der Waals surface area contributed by atoms with Gasteiger partial charge in [-0.1, -0.05) is 0 Å². The van der Waals surface area contributed by atoms with Crippen LogP contribution in [0.3, 0.4) is 0 Å². The van der Waals surface area contributed by atoms with E-state index >= 15 is 0 Å². The van der Waals surface area contributed by atoms with Gasteiger partial charge in [0.1, 0.15) is 24.4 Å². The SMILES string of the molecule is CC1(C)O[C@H]2[C@@H]3O[C@@H]3C=C(I)[C@H]2O1. The zero-order valence-electron chi connectivity index (χ0n) is 7.49. The molecule has 72 valence electrons. The second kappa shape index (κ2) is 2.48. The molecule has 0 saturated carbocycles. The van der Waals surface area contributed by atoms with E-state index in [1.54, 1.807) is 0 Å². The second-order valence-corrected chi connectivity index (χ2v) is 5.38. The molecule has 0 amide bonds. The summed E-state index contributed by atoms with van der Waals surface area (Å²) in [6, 6.07) is 0. The van der Waals surface area contributed by atoms with Crippen molar-refractivity contribution in [2.45, 2.75) is 44.1 Å². The van der Waals surface area contributed by atoms with Gasteiger partial charge in [-0.15, -0.1) is 0 Å². The van der Waals surface area contributed by atoms with Crippen LogP contribution in [-0.4, -0.2) is 30.2 Å². The highest BCUT2D eigenvalue weighted by Gasteiger charge is 2.58. The summed E-state index contributed by atoms with van der Waals surface area (Å²) < 4.78 is 18.3. The highest BCUT2D eigenvalue weighted by Crippen LogP contribution is 2.46. The molecule has 2 fully saturated rings. The normalized spacial score (nSPS) is 50.8. The Balaban J connectivity index is 1.93. The molecule has 0 aromatic heterocycles. The fraction of sp³-hybridized carbons (Fsp3) is 0.778. The number of hydrogen-bond donors (Lipinski definition) is 0. The van der Waals surface area contributed by atoms with E-state index in [0.717, 1.165) is 0 Å². The number of ether oxygens (including phenoxy) is 3. The van der Waals surface area contributed by atoms with Crippen LogP contribution >= 0.6 is 22.6 Å². The van der Waals surface area contributed by atoms with Gasteiger partial charge in [0.15, 0.2) is 5.79 Å². The largest absolute Gasteiger partial charge is 0.362 e. The van der Waals surface area contributed by atoms with Crippen LogP contribution in [0.15, 0.2) is 9.66 Å². The summed E-state index contributed by atoms with van der Waals surface area (Å²) in [5, 5.41) is 0. The molecule has 4 atom stereocenters. The van der Waals surface area contributed by atoms with Crippen LogP contribution < -0.4 is 0 Å². The van der Waals surface area contributed by atoms with Crippen molar-refractivity contribution < 1.29 is 14.2 Å². The summed E-state index contributed by atoms with van der Waals surface area (Å²) in [5.74, 6) is -0.458. The van der Waals surface area contributed by atoms with E-state index in [2.05, 4.69) is 28.7 Å². The first-order valence-corrected chi connectivity index (χ1v) is 5.53. The van der Waals surface area contributed by atoms with Gasteiger partial charge in [-0.2, -0.15) is 0 Å². The lowest BCUT2D eigenvalue weighted by Gasteiger charge is -2.17. The molecular weight excluding hydrogens is 283 g/mol. The average Bonchev–Trinajstić information content (AvgIpc) is 2.68. The lowest BCUT2D eigenvalue weighted by molar-refractivity contribution is -0.144. The first-order chi connectivity index (χ1) is 6.07. The average molecular weight is 294 g/mol. The molecule has 0 radical (unpaired) electrons. The minimum atomic E-state index is -0.458. The summed E-state index contributed by atoms with van der Waals surface area (Å²) in [6.07, 6.45) is 2.86. The van der Waals surface area contributed by atoms with Gasteiger partial charge in [-0.25, -0.2) is 0 Å². The third kappa shape index (κ3) is 1.26. The van der Waals surface area contributed by atoms with Gasteiger partial charge in [0.2, 0.25) is 0 Å². The molecule has 13 heavy (non-hydrogen) atoms. The van der Waals surface area contributed by atoms with Crippen LogP contribution in [0.1, 0.15) is 13.8 Å². The Morgan fingerprint density at radius 1 is 1.31 bits per heavy atom. The van der Waals surface area contributed by atoms with Gasteiger partial charge < -0.3 is 14.2 Å². The quantitative estimate of drug-likeness (QED) is 0.502. The van der Waals surface area contributed by atoms with E-state index in [4.69, 9.17) is 14.2 Å². The van der Waals surface area contributed by atoms with Crippen LogP contribution in [0, 0.1) is 0 Å². The van der Waals surface area contributed by atoms with Crippen molar-refractivity contribution in [2.24, 2.45) is 0 Å². The van der Waals surface area contributed by atoms with Crippen molar-refractivity contribution in [3.05, 3.63) is 9.66 Å². The van der Waals surface area contributed by atoms with Crippen molar-refractivity contribution in [1.29, 1.82) is 0 Å². The highest BCUT2D eigenvalue weighted by molar-refractivity contribution is 14.1. The Kier molecular flexibility index (Phi) is 1.65. The van der Waals surface area contributed by atoms with Gasteiger partial charge in [-0.05, 0) is 42.5 Å². The third-order valence-electron chi connectivity index (χ3n) is 2.61. The summed E-state index contributed by atoms with van der Waals surface area (Å²) >= 11 is 2.31. The standard InChI is InChI=1S/C9H11IO3/c1-9(2)12-6-4(10)3-5-7(11-5)8(6)13-9/h3,5-8H,1-2H3/t5-,6-,7-,8-/m1/s1. The van der Waals surface area contributed by atoms with Crippen molar-refractivity contribution in [1.82, 2.24) is 0 Å². The molecular formula is C9H11IO3. The van der Waals surface area contributed by atoms with Crippen LogP contribution in [0.2, 0.25) is 0 Å². The van der Waals surface area contributed by atoms with Crippen LogP contribution in [0.4, 0.5) is 0 Å². The molecule has 0 aromatic rings. The molecule has 0 unspecified atom stereocenters. The molecule has 2 heterocycles. The Labute approximate surface area is 90.6 Å². The summed E-state index contributed by atoms with van der Waals surface area (Å²) in [4.78, 5) is 0. The molecule has 3 rings (SSSR count). The first-order valence-electron chi connectivity index (χ1n) is 4.45. The minimum Gasteiger partial charge on any atom is -0.362 e. The molecule has 3 aliphatic rings. The zero-order chi connectivity index (χ0) is 9.22. The first kappa shape index (κ1) is 8.64. The Hall–Kier alpha value is 0.350. The van der Waals surface area contributed by atoms with E-state index in [-0.39, 0.29) is 24.4 Å². The predicted molar refractivity (Wildman–Crippen MR) is 54.6 cm³/mol. The van der Waals surface area contributed by atoms with E-state index in [9.17, 15) is 0 Å². The predicted octanol–water partition coefficient (Wildman–Crippen LogP) is 1.61. The number of halogens is 1. The zero-order valence-corrected chi connectivity index (χ0v) is 9.65. The van der Waals surface area contributed by atoms with Gasteiger partial charge in [-0.3, -0.25) is 0 Å². The molecule has 0 bridgehead atoms. The highest BCUT2D eigenvalue weighted by atomic mass is 127. The molecule has 4 heteroatoms. The van der Waals surface area contributed by atoms with Crippen LogP contribution in [-0.2, 0) is 14.2 Å². The number of fused-ring (bicyclic) bond motifs is 3. The number of rotatable bonds is 0. The molecule has 0 spiro atoms. The Morgan fingerprint density at radius 3 is 2.85 bits per heavy atom. The smallest absolute Gasteiger partial charge is 0.164 e.